The minimum Gasteiger partial charge on any atom is -0.327 e. The van der Waals surface area contributed by atoms with Gasteiger partial charge in [-0.3, -0.25) is 4.90 Å². The van der Waals surface area contributed by atoms with Crippen LogP contribution in [0, 0.1) is 11.8 Å². The van der Waals surface area contributed by atoms with Crippen LogP contribution in [0.4, 0.5) is 0 Å². The van der Waals surface area contributed by atoms with Crippen molar-refractivity contribution in [3.63, 3.8) is 0 Å². The van der Waals surface area contributed by atoms with Gasteiger partial charge in [-0.2, -0.15) is 0 Å². The fourth-order valence-electron chi connectivity index (χ4n) is 3.24. The molecule has 2 nitrogen and oxygen atoms in total. The topological polar surface area (TPSA) is 29.3 Å². The maximum Gasteiger partial charge on any atom is 0.00902 e. The summed E-state index contributed by atoms with van der Waals surface area (Å²) in [5.74, 6) is 1.50. The quantitative estimate of drug-likeness (QED) is 0.740. The Morgan fingerprint density at radius 1 is 1.18 bits per heavy atom. The van der Waals surface area contributed by atoms with Gasteiger partial charge in [-0.1, -0.05) is 34.1 Å². The van der Waals surface area contributed by atoms with Gasteiger partial charge in [-0.25, -0.2) is 0 Å². The van der Waals surface area contributed by atoms with Crippen LogP contribution in [-0.4, -0.2) is 30.1 Å². The second-order valence-electron chi connectivity index (χ2n) is 6.17. The first-order valence-electron chi connectivity index (χ1n) is 7.58. The van der Waals surface area contributed by atoms with E-state index in [1.807, 2.05) is 0 Å². The van der Waals surface area contributed by atoms with Crippen molar-refractivity contribution in [1.82, 2.24) is 4.90 Å². The molecule has 0 aromatic carbocycles. The molecule has 1 fully saturated rings. The first-order chi connectivity index (χ1) is 8.08. The van der Waals surface area contributed by atoms with Gasteiger partial charge in [0.1, 0.15) is 0 Å². The molecule has 17 heavy (non-hydrogen) atoms. The summed E-state index contributed by atoms with van der Waals surface area (Å²) in [6.07, 6.45) is 6.46. The van der Waals surface area contributed by atoms with Gasteiger partial charge in [0.05, 0.1) is 0 Å². The van der Waals surface area contributed by atoms with Crippen LogP contribution >= 0.6 is 0 Å². The third kappa shape index (κ3) is 4.59. The molecule has 102 valence electrons. The first kappa shape index (κ1) is 15.0. The largest absolute Gasteiger partial charge is 0.327 e. The fraction of sp³-hybridized carbons (Fsp3) is 1.00. The molecule has 0 aromatic heterocycles. The highest BCUT2D eigenvalue weighted by molar-refractivity contribution is 4.84. The van der Waals surface area contributed by atoms with Crippen LogP contribution < -0.4 is 5.73 Å². The summed E-state index contributed by atoms with van der Waals surface area (Å²) in [7, 11) is 0. The maximum atomic E-state index is 6.21. The summed E-state index contributed by atoms with van der Waals surface area (Å²) in [6, 6.07) is 1.21. The van der Waals surface area contributed by atoms with Gasteiger partial charge < -0.3 is 5.73 Å². The van der Waals surface area contributed by atoms with E-state index in [-0.39, 0.29) is 0 Å². The Morgan fingerprint density at radius 3 is 2.24 bits per heavy atom. The second kappa shape index (κ2) is 7.38. The summed E-state index contributed by atoms with van der Waals surface area (Å²) in [5, 5.41) is 0. The van der Waals surface area contributed by atoms with Crippen molar-refractivity contribution in [2.75, 3.05) is 13.1 Å². The molecule has 0 aromatic rings. The van der Waals surface area contributed by atoms with Gasteiger partial charge >= 0.3 is 0 Å². The van der Waals surface area contributed by atoms with Crippen LogP contribution in [-0.2, 0) is 0 Å². The van der Waals surface area contributed by atoms with Gasteiger partial charge in [-0.05, 0) is 37.5 Å². The predicted octanol–water partition coefficient (Wildman–Crippen LogP) is 3.26. The van der Waals surface area contributed by atoms with Gasteiger partial charge in [0.25, 0.3) is 0 Å². The predicted molar refractivity (Wildman–Crippen MR) is 76.1 cm³/mol. The number of hydrogen-bond acceptors (Lipinski definition) is 2. The molecule has 2 atom stereocenters. The van der Waals surface area contributed by atoms with Crippen molar-refractivity contribution in [2.45, 2.75) is 71.9 Å². The third-order valence-corrected chi connectivity index (χ3v) is 4.25. The van der Waals surface area contributed by atoms with Crippen molar-refractivity contribution >= 4 is 0 Å². The molecule has 2 N–H and O–H groups in total. The van der Waals surface area contributed by atoms with Crippen LogP contribution in [0.3, 0.4) is 0 Å². The van der Waals surface area contributed by atoms with Crippen molar-refractivity contribution in [1.29, 1.82) is 0 Å². The summed E-state index contributed by atoms with van der Waals surface area (Å²) in [4.78, 5) is 2.71. The second-order valence-corrected chi connectivity index (χ2v) is 6.17. The Kier molecular flexibility index (Phi) is 6.50. The Bertz CT molecular complexity index is 199. The van der Waals surface area contributed by atoms with E-state index in [4.69, 9.17) is 5.73 Å². The zero-order valence-electron chi connectivity index (χ0n) is 12.3. The van der Waals surface area contributed by atoms with Gasteiger partial charge in [0, 0.05) is 25.2 Å². The third-order valence-electron chi connectivity index (χ3n) is 4.25. The zero-order valence-corrected chi connectivity index (χ0v) is 12.3. The van der Waals surface area contributed by atoms with Gasteiger partial charge in [0.15, 0.2) is 0 Å². The van der Waals surface area contributed by atoms with Crippen molar-refractivity contribution in [2.24, 2.45) is 17.6 Å². The Labute approximate surface area is 108 Å². The van der Waals surface area contributed by atoms with E-state index in [9.17, 15) is 0 Å². The Hall–Kier alpha value is -0.0800. The van der Waals surface area contributed by atoms with E-state index in [0.717, 1.165) is 17.9 Å². The lowest BCUT2D eigenvalue weighted by atomic mass is 10.00. The number of hydrogen-bond donors (Lipinski definition) is 1. The molecule has 2 heteroatoms. The standard InChI is InChI=1S/C15H32N2/c1-5-14(6-2)17(10-12(3)4)11-13-8-7-9-15(13)16/h12-15H,5-11,16H2,1-4H3. The van der Waals surface area contributed by atoms with Crippen molar-refractivity contribution < 1.29 is 0 Å². The summed E-state index contributed by atoms with van der Waals surface area (Å²) in [5.41, 5.74) is 6.21. The SMILES string of the molecule is CCC(CC)N(CC(C)C)CC1CCCC1N. The van der Waals surface area contributed by atoms with E-state index < -0.39 is 0 Å². The lowest BCUT2D eigenvalue weighted by Gasteiger charge is -2.35. The molecule has 0 heterocycles. The monoisotopic (exact) mass is 240 g/mol. The lowest BCUT2D eigenvalue weighted by molar-refractivity contribution is 0.137. The van der Waals surface area contributed by atoms with Crippen LogP contribution in [0.2, 0.25) is 0 Å². The van der Waals surface area contributed by atoms with Gasteiger partial charge in [0.2, 0.25) is 0 Å². The van der Waals surface area contributed by atoms with Gasteiger partial charge in [-0.15, -0.1) is 0 Å². The molecule has 0 saturated heterocycles. The normalized spacial score (nSPS) is 25.4. The highest BCUT2D eigenvalue weighted by atomic mass is 15.2. The number of nitrogens with zero attached hydrogens (tertiary/aromatic N) is 1. The van der Waals surface area contributed by atoms with Crippen LogP contribution in [0.1, 0.15) is 59.8 Å². The highest BCUT2D eigenvalue weighted by Crippen LogP contribution is 2.26. The molecular formula is C15H32N2. The average molecular weight is 240 g/mol. The lowest BCUT2D eigenvalue weighted by Crippen LogP contribution is -2.43. The average Bonchev–Trinajstić information content (AvgIpc) is 2.65. The Morgan fingerprint density at radius 2 is 1.82 bits per heavy atom. The molecule has 0 bridgehead atoms. The van der Waals surface area contributed by atoms with E-state index in [0.29, 0.717) is 6.04 Å². The first-order valence-corrected chi connectivity index (χ1v) is 7.58. The Balaban J connectivity index is 2.55. The van der Waals surface area contributed by atoms with Crippen molar-refractivity contribution in [3.05, 3.63) is 0 Å². The molecule has 1 saturated carbocycles. The van der Waals surface area contributed by atoms with E-state index in [1.54, 1.807) is 0 Å². The summed E-state index contributed by atoms with van der Waals surface area (Å²) < 4.78 is 0. The fourth-order valence-corrected chi connectivity index (χ4v) is 3.24. The van der Waals surface area contributed by atoms with Crippen molar-refractivity contribution in [3.8, 4) is 0 Å². The smallest absolute Gasteiger partial charge is 0.00902 e. The molecule has 0 aliphatic heterocycles. The molecular weight excluding hydrogens is 208 g/mol. The summed E-state index contributed by atoms with van der Waals surface area (Å²) >= 11 is 0. The molecule has 0 spiro atoms. The molecule has 1 aliphatic rings. The van der Waals surface area contributed by atoms with E-state index in [2.05, 4.69) is 32.6 Å². The molecule has 1 rings (SSSR count). The van der Waals surface area contributed by atoms with Crippen LogP contribution in [0.5, 0.6) is 0 Å². The zero-order chi connectivity index (χ0) is 12.8. The highest BCUT2D eigenvalue weighted by Gasteiger charge is 2.28. The molecule has 2 unspecified atom stereocenters. The molecule has 0 radical (unpaired) electrons. The number of rotatable bonds is 7. The minimum atomic E-state index is 0.457. The maximum absolute atomic E-state index is 6.21. The molecule has 1 aliphatic carbocycles. The minimum absolute atomic E-state index is 0.457. The summed E-state index contributed by atoms with van der Waals surface area (Å²) in [6.45, 7) is 11.7. The number of nitrogens with two attached hydrogens (primary N) is 1. The van der Waals surface area contributed by atoms with E-state index in [1.165, 1.54) is 45.2 Å². The van der Waals surface area contributed by atoms with Crippen LogP contribution in [0.25, 0.3) is 0 Å². The van der Waals surface area contributed by atoms with E-state index >= 15 is 0 Å². The molecule has 0 amide bonds. The van der Waals surface area contributed by atoms with Crippen LogP contribution in [0.15, 0.2) is 0 Å².